The molecule has 8 heteroatoms. The number of pyridine rings is 2. The van der Waals surface area contributed by atoms with E-state index in [1.165, 1.54) is 27.8 Å². The number of nitrogens with zero attached hydrogens (tertiary/aromatic N) is 2. The molecule has 3 aliphatic rings. The molecule has 0 bridgehead atoms. The Balaban J connectivity index is 0.850. The molecule has 2 aromatic heterocycles. The van der Waals surface area contributed by atoms with Crippen molar-refractivity contribution in [1.82, 2.24) is 9.97 Å². The molecule has 4 aromatic carbocycles. The Kier molecular flexibility index (Phi) is 8.83. The van der Waals surface area contributed by atoms with Crippen LogP contribution in [0, 0.1) is 0 Å². The maximum Gasteiger partial charge on any atom is 0.496 e. The second-order valence-electron chi connectivity index (χ2n) is 18.2. The average Bonchev–Trinajstić information content (AvgIpc) is 3.68. The second-order valence-corrected chi connectivity index (χ2v) is 18.2. The minimum Gasteiger partial charge on any atom is -0.399 e. The number of hydrogen-bond donors (Lipinski definition) is 0. The van der Waals surface area contributed by atoms with Gasteiger partial charge in [0, 0.05) is 46.3 Å². The van der Waals surface area contributed by atoms with Gasteiger partial charge in [0.15, 0.2) is 0 Å². The summed E-state index contributed by atoms with van der Waals surface area (Å²) in [6.45, 7) is 19.3. The summed E-state index contributed by atoms with van der Waals surface area (Å²) in [5.41, 5.74) is 12.8. The average molecular weight is 753 g/mol. The molecule has 2 saturated heterocycles. The first-order chi connectivity index (χ1) is 27.0. The van der Waals surface area contributed by atoms with Gasteiger partial charge in [-0.3, -0.25) is 9.97 Å². The van der Waals surface area contributed by atoms with Crippen LogP contribution < -0.4 is 10.9 Å². The third-order valence-electron chi connectivity index (χ3n) is 13.3. The molecule has 0 saturated carbocycles. The zero-order valence-electron chi connectivity index (χ0n) is 34.5. The van der Waals surface area contributed by atoms with Gasteiger partial charge in [-0.15, -0.1) is 0 Å². The Labute approximate surface area is 338 Å². The highest BCUT2D eigenvalue weighted by atomic mass is 16.7. The van der Waals surface area contributed by atoms with Crippen molar-refractivity contribution in [3.63, 3.8) is 0 Å². The zero-order valence-corrected chi connectivity index (χ0v) is 34.5. The molecule has 2 aliphatic heterocycles. The van der Waals surface area contributed by atoms with E-state index in [2.05, 4.69) is 165 Å². The fraction of sp³-hybridized carbons (Fsp3) is 0.306. The molecular weight excluding hydrogens is 702 g/mol. The van der Waals surface area contributed by atoms with Crippen LogP contribution in [0.1, 0.15) is 79.0 Å². The van der Waals surface area contributed by atoms with Gasteiger partial charge in [0.1, 0.15) is 0 Å². The summed E-state index contributed by atoms with van der Waals surface area (Å²) < 4.78 is 25.8. The van der Waals surface area contributed by atoms with Crippen LogP contribution in [0.5, 0.6) is 0 Å². The lowest BCUT2D eigenvalue weighted by Gasteiger charge is -2.36. The maximum atomic E-state index is 6.77. The molecule has 0 radical (unpaired) electrons. The van der Waals surface area contributed by atoms with E-state index >= 15 is 0 Å². The zero-order chi connectivity index (χ0) is 40.0. The number of fused-ring (bicyclic) bond motifs is 3. The summed E-state index contributed by atoms with van der Waals surface area (Å²) in [6, 6.07) is 41.1. The van der Waals surface area contributed by atoms with Crippen molar-refractivity contribution in [2.75, 3.05) is 0 Å². The Hall–Kier alpha value is -4.85. The molecule has 57 heavy (non-hydrogen) atoms. The smallest absolute Gasteiger partial charge is 0.399 e. The fourth-order valence-corrected chi connectivity index (χ4v) is 8.50. The first kappa shape index (κ1) is 37.7. The van der Waals surface area contributed by atoms with E-state index in [9.17, 15) is 0 Å². The van der Waals surface area contributed by atoms with Crippen LogP contribution in [-0.4, -0.2) is 46.6 Å². The van der Waals surface area contributed by atoms with Gasteiger partial charge in [-0.25, -0.2) is 0 Å². The predicted molar refractivity (Wildman–Crippen MR) is 232 cm³/mol. The second kappa shape index (κ2) is 13.4. The van der Waals surface area contributed by atoms with Gasteiger partial charge in [0.05, 0.1) is 33.8 Å². The van der Waals surface area contributed by atoms with Gasteiger partial charge in [-0.05, 0) is 106 Å². The van der Waals surface area contributed by atoms with E-state index in [0.717, 1.165) is 44.6 Å². The van der Waals surface area contributed by atoms with Crippen LogP contribution in [0.25, 0.3) is 44.8 Å². The van der Waals surface area contributed by atoms with Crippen LogP contribution in [0.4, 0.5) is 0 Å². The highest BCUT2D eigenvalue weighted by Gasteiger charge is 2.55. The minimum atomic E-state index is -0.551. The molecule has 2 fully saturated rings. The lowest BCUT2D eigenvalue weighted by Crippen LogP contribution is -2.46. The van der Waals surface area contributed by atoms with E-state index in [1.807, 2.05) is 24.5 Å². The fourth-order valence-electron chi connectivity index (χ4n) is 8.50. The number of hydrogen-bond acceptors (Lipinski definition) is 6. The summed E-state index contributed by atoms with van der Waals surface area (Å²) in [4.78, 5) is 9.66. The molecule has 286 valence electrons. The van der Waals surface area contributed by atoms with Crippen LogP contribution in [-0.2, 0) is 30.5 Å². The van der Waals surface area contributed by atoms with Crippen molar-refractivity contribution in [3.8, 4) is 44.8 Å². The van der Waals surface area contributed by atoms with Crippen LogP contribution in [0.3, 0.4) is 0 Å². The quantitative estimate of drug-likeness (QED) is 0.152. The highest BCUT2D eigenvalue weighted by molar-refractivity contribution is 6.62. The third-order valence-corrected chi connectivity index (χ3v) is 13.3. The maximum absolute atomic E-state index is 6.77. The van der Waals surface area contributed by atoms with Crippen molar-refractivity contribution in [2.24, 2.45) is 0 Å². The number of rotatable bonds is 7. The summed E-state index contributed by atoms with van der Waals surface area (Å²) in [5, 5.41) is 0. The monoisotopic (exact) mass is 752 g/mol. The van der Waals surface area contributed by atoms with Gasteiger partial charge < -0.3 is 18.6 Å². The predicted octanol–water partition coefficient (Wildman–Crippen LogP) is 9.61. The molecule has 1 aliphatic carbocycles. The Morgan fingerprint density at radius 3 is 1.54 bits per heavy atom. The van der Waals surface area contributed by atoms with Crippen LogP contribution in [0.2, 0.25) is 0 Å². The number of benzene rings is 4. The van der Waals surface area contributed by atoms with Crippen LogP contribution in [0.15, 0.2) is 128 Å². The largest absolute Gasteiger partial charge is 0.496 e. The van der Waals surface area contributed by atoms with Crippen molar-refractivity contribution in [1.29, 1.82) is 0 Å². The summed E-state index contributed by atoms with van der Waals surface area (Å²) >= 11 is 0. The summed E-state index contributed by atoms with van der Waals surface area (Å²) in [7, 11) is -0.930. The molecule has 9 rings (SSSR count). The summed E-state index contributed by atoms with van der Waals surface area (Å²) in [5.74, 6) is 0. The van der Waals surface area contributed by atoms with Crippen molar-refractivity contribution in [2.45, 2.75) is 96.6 Å². The Morgan fingerprint density at radius 2 is 0.947 bits per heavy atom. The van der Waals surface area contributed by atoms with Gasteiger partial charge in [0.2, 0.25) is 0 Å². The first-order valence-electron chi connectivity index (χ1n) is 20.1. The van der Waals surface area contributed by atoms with Gasteiger partial charge in [-0.1, -0.05) is 111 Å². The molecule has 0 N–H and O–H groups in total. The normalized spacial score (nSPS) is 21.1. The van der Waals surface area contributed by atoms with E-state index in [1.54, 1.807) is 0 Å². The van der Waals surface area contributed by atoms with Crippen molar-refractivity contribution >= 4 is 25.2 Å². The highest BCUT2D eigenvalue weighted by Crippen LogP contribution is 2.49. The Bertz CT molecular complexity index is 2440. The molecule has 1 atom stereocenters. The van der Waals surface area contributed by atoms with Gasteiger partial charge in [0.25, 0.3) is 0 Å². The van der Waals surface area contributed by atoms with Gasteiger partial charge in [-0.2, -0.15) is 0 Å². The Morgan fingerprint density at radius 1 is 0.456 bits per heavy atom. The lowest BCUT2D eigenvalue weighted by atomic mass is 9.79. The molecular formula is C49H50B2N2O4. The summed E-state index contributed by atoms with van der Waals surface area (Å²) in [6.07, 6.45) is 4.47. The van der Waals surface area contributed by atoms with E-state index in [4.69, 9.17) is 28.6 Å². The molecule has 0 spiro atoms. The van der Waals surface area contributed by atoms with Gasteiger partial charge >= 0.3 is 14.2 Å². The van der Waals surface area contributed by atoms with E-state index in [-0.39, 0.29) is 16.6 Å². The standard InChI is InChI=1S/C49H50B2N2O4/c1-45(2)41-13-11-10-12-39(41)40-25-22-36(28-42(40)45)44-27-24-38(31-53-44)51-56-48(7,8)49(9,57-51)29-32-14-16-33(17-15-32)34-18-20-35(21-19-34)43-26-23-37(30-52-43)50-54-46(3,4)47(5,6)55-50/h10-28,30-31H,29H2,1-9H3. The molecule has 1 unspecified atom stereocenters. The molecule has 0 amide bonds. The number of aromatic nitrogens is 2. The van der Waals surface area contributed by atoms with E-state index in [0.29, 0.717) is 6.42 Å². The minimum absolute atomic E-state index is 0.0558. The van der Waals surface area contributed by atoms with Crippen molar-refractivity contribution in [3.05, 3.63) is 144 Å². The molecule has 6 aromatic rings. The third kappa shape index (κ3) is 6.47. The topological polar surface area (TPSA) is 62.7 Å². The lowest BCUT2D eigenvalue weighted by molar-refractivity contribution is -0.00876. The first-order valence-corrected chi connectivity index (χ1v) is 20.1. The van der Waals surface area contributed by atoms with E-state index < -0.39 is 25.4 Å². The van der Waals surface area contributed by atoms with Crippen LogP contribution >= 0.6 is 0 Å². The SMILES string of the molecule is CC1(C)c2ccccc2-c2ccc(-c3ccc(B4OC(C)(C)C(C)(Cc5ccc(-c6ccc(-c7ccc(B8OC(C)(C)C(C)(C)O8)cn7)cc6)cc5)O4)cn3)cc21. The molecule has 6 nitrogen and oxygen atoms in total. The van der Waals surface area contributed by atoms with Crippen molar-refractivity contribution < 1.29 is 18.6 Å². The molecule has 4 heterocycles.